The van der Waals surface area contributed by atoms with Gasteiger partial charge in [-0.2, -0.15) is 5.26 Å². The lowest BCUT2D eigenvalue weighted by molar-refractivity contribution is -0.00893. The van der Waals surface area contributed by atoms with Crippen molar-refractivity contribution in [3.05, 3.63) is 21.9 Å². The number of thiophene rings is 1. The molecule has 1 heterocycles. The number of hydrogen-bond donors (Lipinski definition) is 1. The largest absolute Gasteiger partial charge is 0.375 e. The molecular formula is C12H18N2OS. The average molecular weight is 238 g/mol. The van der Waals surface area contributed by atoms with E-state index in [1.165, 1.54) is 4.88 Å². The highest BCUT2D eigenvalue weighted by Gasteiger charge is 2.16. The number of nitrogens with zero attached hydrogens (tertiary/aromatic N) is 1. The fraction of sp³-hybridized carbons (Fsp3) is 0.583. The molecule has 1 aromatic heterocycles. The second kappa shape index (κ2) is 6.00. The van der Waals surface area contributed by atoms with Crippen LogP contribution in [0.3, 0.4) is 0 Å². The summed E-state index contributed by atoms with van der Waals surface area (Å²) in [7, 11) is 0. The molecule has 1 aromatic rings. The SMILES string of the molecule is CCOC(C)(C)CNCc1cc(C#N)cs1. The zero-order chi connectivity index (χ0) is 12.0. The molecule has 0 aliphatic carbocycles. The van der Waals surface area contributed by atoms with Crippen LogP contribution in [0.25, 0.3) is 0 Å². The Labute approximate surface area is 101 Å². The van der Waals surface area contributed by atoms with Crippen LogP contribution in [0.5, 0.6) is 0 Å². The zero-order valence-electron chi connectivity index (χ0n) is 10.0. The number of rotatable bonds is 6. The van der Waals surface area contributed by atoms with Crippen molar-refractivity contribution in [2.45, 2.75) is 32.9 Å². The van der Waals surface area contributed by atoms with Gasteiger partial charge in [0.1, 0.15) is 6.07 Å². The van der Waals surface area contributed by atoms with Crippen LogP contribution in [0, 0.1) is 11.3 Å². The Kier molecular flexibility index (Phi) is 4.94. The predicted octanol–water partition coefficient (Wildman–Crippen LogP) is 2.52. The Balaban J connectivity index is 2.33. The van der Waals surface area contributed by atoms with Crippen molar-refractivity contribution in [1.29, 1.82) is 5.26 Å². The molecule has 4 heteroatoms. The summed E-state index contributed by atoms with van der Waals surface area (Å²) >= 11 is 1.61. The van der Waals surface area contributed by atoms with Crippen molar-refractivity contribution in [3.63, 3.8) is 0 Å². The number of hydrogen-bond acceptors (Lipinski definition) is 4. The minimum atomic E-state index is -0.135. The maximum absolute atomic E-state index is 8.69. The molecule has 0 radical (unpaired) electrons. The Morgan fingerprint density at radius 1 is 1.56 bits per heavy atom. The fourth-order valence-corrected chi connectivity index (χ4v) is 2.24. The fourth-order valence-electron chi connectivity index (χ4n) is 1.46. The second-order valence-electron chi connectivity index (χ2n) is 4.21. The maximum atomic E-state index is 8.69. The van der Waals surface area contributed by atoms with E-state index in [2.05, 4.69) is 25.2 Å². The molecule has 1 N–H and O–H groups in total. The summed E-state index contributed by atoms with van der Waals surface area (Å²) in [6, 6.07) is 4.05. The lowest BCUT2D eigenvalue weighted by atomic mass is 10.1. The Hall–Kier alpha value is -0.890. The summed E-state index contributed by atoms with van der Waals surface area (Å²) in [6.45, 7) is 8.47. The lowest BCUT2D eigenvalue weighted by Gasteiger charge is -2.24. The van der Waals surface area contributed by atoms with Gasteiger partial charge in [-0.05, 0) is 26.8 Å². The molecule has 0 saturated heterocycles. The maximum Gasteiger partial charge on any atom is 0.100 e. The Bertz CT molecular complexity index is 365. The van der Waals surface area contributed by atoms with Crippen LogP contribution in [-0.4, -0.2) is 18.8 Å². The van der Waals surface area contributed by atoms with Gasteiger partial charge in [0.05, 0.1) is 11.2 Å². The molecule has 0 aliphatic heterocycles. The summed E-state index contributed by atoms with van der Waals surface area (Å²) in [4.78, 5) is 1.18. The van der Waals surface area contributed by atoms with E-state index in [0.717, 1.165) is 25.3 Å². The first kappa shape index (κ1) is 13.2. The van der Waals surface area contributed by atoms with E-state index in [4.69, 9.17) is 10.00 Å². The number of nitrogens with one attached hydrogen (secondary N) is 1. The Morgan fingerprint density at radius 2 is 2.31 bits per heavy atom. The summed E-state index contributed by atoms with van der Waals surface area (Å²) in [6.07, 6.45) is 0. The number of nitriles is 1. The molecular weight excluding hydrogens is 220 g/mol. The highest BCUT2D eigenvalue weighted by atomic mass is 32.1. The van der Waals surface area contributed by atoms with Gasteiger partial charge in [-0.1, -0.05) is 0 Å². The van der Waals surface area contributed by atoms with Gasteiger partial charge in [-0.25, -0.2) is 0 Å². The molecule has 0 amide bonds. The third kappa shape index (κ3) is 4.31. The molecule has 16 heavy (non-hydrogen) atoms. The van der Waals surface area contributed by atoms with E-state index in [9.17, 15) is 0 Å². The summed E-state index contributed by atoms with van der Waals surface area (Å²) in [5.74, 6) is 0. The molecule has 0 bridgehead atoms. The Morgan fingerprint density at radius 3 is 2.88 bits per heavy atom. The van der Waals surface area contributed by atoms with Crippen molar-refractivity contribution in [1.82, 2.24) is 5.32 Å². The quantitative estimate of drug-likeness (QED) is 0.828. The van der Waals surface area contributed by atoms with E-state index in [-0.39, 0.29) is 5.60 Å². The van der Waals surface area contributed by atoms with Gasteiger partial charge in [-0.3, -0.25) is 0 Å². The molecule has 3 nitrogen and oxygen atoms in total. The standard InChI is InChI=1S/C12H18N2OS/c1-4-15-12(2,3)9-14-7-11-5-10(6-13)8-16-11/h5,8,14H,4,7,9H2,1-3H3. The van der Waals surface area contributed by atoms with Crippen molar-refractivity contribution >= 4 is 11.3 Å². The van der Waals surface area contributed by atoms with Crippen molar-refractivity contribution in [3.8, 4) is 6.07 Å². The van der Waals surface area contributed by atoms with Crippen LogP contribution in [-0.2, 0) is 11.3 Å². The highest BCUT2D eigenvalue weighted by molar-refractivity contribution is 7.10. The lowest BCUT2D eigenvalue weighted by Crippen LogP contribution is -2.37. The van der Waals surface area contributed by atoms with E-state index < -0.39 is 0 Å². The molecule has 0 atom stereocenters. The van der Waals surface area contributed by atoms with Gasteiger partial charge in [0, 0.05) is 30.0 Å². The minimum absolute atomic E-state index is 0.135. The molecule has 0 aromatic carbocycles. The highest BCUT2D eigenvalue weighted by Crippen LogP contribution is 2.14. The van der Waals surface area contributed by atoms with Crippen LogP contribution >= 0.6 is 11.3 Å². The van der Waals surface area contributed by atoms with Crippen LogP contribution in [0.2, 0.25) is 0 Å². The van der Waals surface area contributed by atoms with E-state index in [1.807, 2.05) is 18.4 Å². The van der Waals surface area contributed by atoms with Crippen LogP contribution in [0.1, 0.15) is 31.2 Å². The summed E-state index contributed by atoms with van der Waals surface area (Å²) < 4.78 is 5.58. The van der Waals surface area contributed by atoms with E-state index >= 15 is 0 Å². The molecule has 88 valence electrons. The summed E-state index contributed by atoms with van der Waals surface area (Å²) in [5, 5.41) is 13.9. The summed E-state index contributed by atoms with van der Waals surface area (Å²) in [5.41, 5.74) is 0.607. The third-order valence-corrected chi connectivity index (χ3v) is 3.10. The molecule has 1 rings (SSSR count). The first-order valence-corrected chi connectivity index (χ1v) is 6.27. The predicted molar refractivity (Wildman–Crippen MR) is 66.4 cm³/mol. The van der Waals surface area contributed by atoms with Crippen molar-refractivity contribution in [2.75, 3.05) is 13.2 Å². The smallest absolute Gasteiger partial charge is 0.100 e. The topological polar surface area (TPSA) is 45.0 Å². The van der Waals surface area contributed by atoms with Gasteiger partial charge < -0.3 is 10.1 Å². The van der Waals surface area contributed by atoms with Gasteiger partial charge in [-0.15, -0.1) is 11.3 Å². The molecule has 0 spiro atoms. The van der Waals surface area contributed by atoms with Gasteiger partial charge in [0.15, 0.2) is 0 Å². The van der Waals surface area contributed by atoms with E-state index in [0.29, 0.717) is 0 Å². The second-order valence-corrected chi connectivity index (χ2v) is 5.21. The monoisotopic (exact) mass is 238 g/mol. The normalized spacial score (nSPS) is 11.4. The van der Waals surface area contributed by atoms with Crippen LogP contribution in [0.15, 0.2) is 11.4 Å². The van der Waals surface area contributed by atoms with Gasteiger partial charge in [0.2, 0.25) is 0 Å². The van der Waals surface area contributed by atoms with Crippen molar-refractivity contribution in [2.24, 2.45) is 0 Å². The van der Waals surface area contributed by atoms with E-state index in [1.54, 1.807) is 11.3 Å². The first-order valence-electron chi connectivity index (χ1n) is 5.39. The minimum Gasteiger partial charge on any atom is -0.375 e. The van der Waals surface area contributed by atoms with Crippen molar-refractivity contribution < 1.29 is 4.74 Å². The molecule has 0 fully saturated rings. The molecule has 0 saturated carbocycles. The zero-order valence-corrected chi connectivity index (χ0v) is 10.9. The van der Waals surface area contributed by atoms with Gasteiger partial charge in [0.25, 0.3) is 0 Å². The molecule has 0 unspecified atom stereocenters. The van der Waals surface area contributed by atoms with Gasteiger partial charge >= 0.3 is 0 Å². The molecule has 0 aliphatic rings. The average Bonchev–Trinajstić information content (AvgIpc) is 2.65. The first-order chi connectivity index (χ1) is 7.57. The van der Waals surface area contributed by atoms with Crippen LogP contribution in [0.4, 0.5) is 0 Å². The van der Waals surface area contributed by atoms with Crippen LogP contribution < -0.4 is 5.32 Å². The number of ether oxygens (including phenoxy) is 1. The third-order valence-electron chi connectivity index (χ3n) is 2.17.